The molecular formula is C28H22ClN3O8S. The number of esters is 1. The Hall–Kier alpha value is -4.68. The summed E-state index contributed by atoms with van der Waals surface area (Å²) in [4.78, 5) is 42.7. The highest BCUT2D eigenvalue weighted by Gasteiger charge is 2.35. The van der Waals surface area contributed by atoms with Crippen LogP contribution in [0.25, 0.3) is 17.4 Å². The molecule has 0 aliphatic carbocycles. The van der Waals surface area contributed by atoms with Crippen molar-refractivity contribution in [1.82, 2.24) is 4.57 Å². The second kappa shape index (κ2) is 11.1. The smallest absolute Gasteiger partial charge is 0.338 e. The third-order valence-electron chi connectivity index (χ3n) is 6.48. The average Bonchev–Trinajstić information content (AvgIpc) is 3.55. The van der Waals surface area contributed by atoms with Crippen molar-refractivity contribution in [1.29, 1.82) is 0 Å². The Bertz CT molecular complexity index is 1920. The molecule has 0 radical (unpaired) electrons. The molecule has 0 saturated carbocycles. The van der Waals surface area contributed by atoms with Gasteiger partial charge < -0.3 is 18.6 Å². The third-order valence-corrected chi connectivity index (χ3v) is 7.70. The maximum atomic E-state index is 13.8. The van der Waals surface area contributed by atoms with E-state index in [1.165, 1.54) is 44.1 Å². The summed E-state index contributed by atoms with van der Waals surface area (Å²) in [5, 5.41) is 12.0. The standard InChI is InChI=1S/C28H22ClN3O8S/c1-14-24(27(34)39-4)25(19-11-15(29)5-9-21(19)38-3)31-26(33)23(41-28(31)30-14)13-17-7-10-22(40-17)18-8-6-16(37-2)12-20(18)32(35)36/h5-13,25H,1-4H3/b23-13-/t25-/m0/s1. The van der Waals surface area contributed by atoms with Crippen LogP contribution in [0.3, 0.4) is 0 Å². The molecule has 0 unspecified atom stereocenters. The van der Waals surface area contributed by atoms with Crippen LogP contribution in [-0.4, -0.2) is 36.8 Å². The Kier molecular flexibility index (Phi) is 7.52. The first-order valence-electron chi connectivity index (χ1n) is 12.0. The molecule has 11 nitrogen and oxygen atoms in total. The van der Waals surface area contributed by atoms with Crippen LogP contribution >= 0.6 is 22.9 Å². The van der Waals surface area contributed by atoms with Gasteiger partial charge in [0.05, 0.1) is 53.7 Å². The van der Waals surface area contributed by atoms with Crippen LogP contribution in [0.5, 0.6) is 11.5 Å². The fourth-order valence-corrected chi connectivity index (χ4v) is 5.82. The van der Waals surface area contributed by atoms with Crippen LogP contribution in [0.4, 0.5) is 5.69 Å². The molecule has 3 heterocycles. The maximum Gasteiger partial charge on any atom is 0.338 e. The molecule has 0 amide bonds. The number of nitro groups is 1. The highest BCUT2D eigenvalue weighted by atomic mass is 35.5. The number of nitro benzene ring substituents is 1. The van der Waals surface area contributed by atoms with Crippen LogP contribution in [0.1, 0.15) is 24.3 Å². The number of aromatic nitrogens is 1. The van der Waals surface area contributed by atoms with Gasteiger partial charge in [0.2, 0.25) is 0 Å². The molecular weight excluding hydrogens is 574 g/mol. The van der Waals surface area contributed by atoms with Gasteiger partial charge in [0.1, 0.15) is 29.1 Å². The molecule has 4 aromatic rings. The fraction of sp³-hybridized carbons (Fsp3) is 0.179. The van der Waals surface area contributed by atoms with E-state index in [1.54, 1.807) is 43.3 Å². The predicted molar refractivity (Wildman–Crippen MR) is 151 cm³/mol. The van der Waals surface area contributed by atoms with Gasteiger partial charge in [0.25, 0.3) is 11.2 Å². The van der Waals surface area contributed by atoms with Gasteiger partial charge in [0.15, 0.2) is 4.80 Å². The lowest BCUT2D eigenvalue weighted by Crippen LogP contribution is -2.40. The number of allylic oxidation sites excluding steroid dienone is 1. The molecule has 1 atom stereocenters. The normalized spacial score (nSPS) is 14.9. The second-order valence-corrected chi connectivity index (χ2v) is 10.2. The van der Waals surface area contributed by atoms with Gasteiger partial charge in [-0.2, -0.15) is 0 Å². The van der Waals surface area contributed by atoms with Crippen LogP contribution in [0.15, 0.2) is 74.0 Å². The monoisotopic (exact) mass is 595 g/mol. The van der Waals surface area contributed by atoms with Crippen molar-refractivity contribution in [2.24, 2.45) is 4.99 Å². The number of benzene rings is 2. The van der Waals surface area contributed by atoms with Crippen LogP contribution < -0.4 is 24.4 Å². The highest BCUT2D eigenvalue weighted by Crippen LogP contribution is 2.37. The molecule has 0 spiro atoms. The summed E-state index contributed by atoms with van der Waals surface area (Å²) in [6, 6.07) is 11.6. The van der Waals surface area contributed by atoms with E-state index >= 15 is 0 Å². The summed E-state index contributed by atoms with van der Waals surface area (Å²) >= 11 is 7.41. The quantitative estimate of drug-likeness (QED) is 0.176. The first-order valence-corrected chi connectivity index (χ1v) is 13.2. The number of halogens is 1. The molecule has 0 saturated heterocycles. The van der Waals surface area contributed by atoms with Gasteiger partial charge >= 0.3 is 5.97 Å². The van der Waals surface area contributed by atoms with Gasteiger partial charge in [0, 0.05) is 16.7 Å². The van der Waals surface area contributed by atoms with Crippen molar-refractivity contribution in [3.63, 3.8) is 0 Å². The number of fused-ring (bicyclic) bond motifs is 1. The molecule has 1 aliphatic rings. The van der Waals surface area contributed by atoms with Crippen molar-refractivity contribution in [2.75, 3.05) is 21.3 Å². The summed E-state index contributed by atoms with van der Waals surface area (Å²) in [6.07, 6.45) is 1.52. The number of nitrogens with zero attached hydrogens (tertiary/aromatic N) is 3. The van der Waals surface area contributed by atoms with Crippen molar-refractivity contribution in [3.05, 3.63) is 106 Å². The van der Waals surface area contributed by atoms with E-state index < -0.39 is 22.5 Å². The number of ether oxygens (including phenoxy) is 3. The van der Waals surface area contributed by atoms with E-state index in [0.717, 1.165) is 11.3 Å². The molecule has 0 bridgehead atoms. The summed E-state index contributed by atoms with van der Waals surface area (Å²) in [7, 11) is 4.15. The number of rotatable bonds is 7. The molecule has 13 heteroatoms. The predicted octanol–water partition coefficient (Wildman–Crippen LogP) is 4.25. The summed E-state index contributed by atoms with van der Waals surface area (Å²) in [5.41, 5.74) is 0.648. The fourth-order valence-electron chi connectivity index (χ4n) is 4.61. The van der Waals surface area contributed by atoms with E-state index in [9.17, 15) is 19.7 Å². The van der Waals surface area contributed by atoms with Gasteiger partial charge in [-0.1, -0.05) is 22.9 Å². The zero-order valence-corrected chi connectivity index (χ0v) is 23.7. The Morgan fingerprint density at radius 1 is 1.15 bits per heavy atom. The number of thiazole rings is 1. The van der Waals surface area contributed by atoms with Crippen LogP contribution in [-0.2, 0) is 9.53 Å². The minimum atomic E-state index is -0.927. The molecule has 210 valence electrons. The minimum absolute atomic E-state index is 0.166. The van der Waals surface area contributed by atoms with E-state index in [2.05, 4.69) is 4.99 Å². The van der Waals surface area contributed by atoms with E-state index in [-0.39, 0.29) is 32.9 Å². The lowest BCUT2D eigenvalue weighted by Gasteiger charge is -2.25. The van der Waals surface area contributed by atoms with Gasteiger partial charge in [-0.15, -0.1) is 0 Å². The molecule has 1 aliphatic heterocycles. The maximum absolute atomic E-state index is 13.8. The first-order chi connectivity index (χ1) is 19.7. The van der Waals surface area contributed by atoms with Crippen molar-refractivity contribution < 1.29 is 28.3 Å². The van der Waals surface area contributed by atoms with Crippen LogP contribution in [0, 0.1) is 10.1 Å². The molecule has 0 N–H and O–H groups in total. The van der Waals surface area contributed by atoms with Crippen molar-refractivity contribution in [2.45, 2.75) is 13.0 Å². The third kappa shape index (κ3) is 5.03. The lowest BCUT2D eigenvalue weighted by atomic mass is 9.95. The summed E-state index contributed by atoms with van der Waals surface area (Å²) in [5.74, 6) is 0.631. The molecule has 41 heavy (non-hydrogen) atoms. The van der Waals surface area contributed by atoms with E-state index in [1.807, 2.05) is 0 Å². The number of methoxy groups -OCH3 is 3. The first kappa shape index (κ1) is 27.9. The number of carbonyl (C=O) groups is 1. The molecule has 2 aromatic carbocycles. The van der Waals surface area contributed by atoms with Crippen LogP contribution in [0.2, 0.25) is 5.02 Å². The Labute approximate surface area is 241 Å². The minimum Gasteiger partial charge on any atom is -0.497 e. The van der Waals surface area contributed by atoms with Gasteiger partial charge in [-0.25, -0.2) is 9.79 Å². The zero-order valence-electron chi connectivity index (χ0n) is 22.2. The zero-order chi connectivity index (χ0) is 29.4. The number of furan rings is 1. The van der Waals surface area contributed by atoms with E-state index in [0.29, 0.717) is 32.6 Å². The van der Waals surface area contributed by atoms with Crippen molar-refractivity contribution in [3.8, 4) is 22.8 Å². The van der Waals surface area contributed by atoms with Gasteiger partial charge in [-0.05, 0) is 49.4 Å². The average molecular weight is 596 g/mol. The lowest BCUT2D eigenvalue weighted by molar-refractivity contribution is -0.384. The van der Waals surface area contributed by atoms with Gasteiger partial charge in [-0.3, -0.25) is 19.5 Å². The summed E-state index contributed by atoms with van der Waals surface area (Å²) < 4.78 is 23.2. The largest absolute Gasteiger partial charge is 0.497 e. The Morgan fingerprint density at radius 3 is 2.61 bits per heavy atom. The Balaban J connectivity index is 1.66. The summed E-state index contributed by atoms with van der Waals surface area (Å²) in [6.45, 7) is 1.66. The highest BCUT2D eigenvalue weighted by molar-refractivity contribution is 7.07. The number of hydrogen-bond acceptors (Lipinski definition) is 10. The van der Waals surface area contributed by atoms with E-state index in [4.69, 9.17) is 30.2 Å². The SMILES string of the molecule is COC(=O)C1=C(C)N=c2s/c(=C\c3ccc(-c4ccc(OC)cc4[N+](=O)[O-])o3)c(=O)n2[C@H]1c1cc(Cl)ccc1OC. The second-order valence-electron chi connectivity index (χ2n) is 8.80. The molecule has 2 aromatic heterocycles. The van der Waals surface area contributed by atoms with Crippen molar-refractivity contribution >= 4 is 40.7 Å². The number of carbonyl (C=O) groups excluding carboxylic acids is 1. The topological polar surface area (TPSA) is 135 Å². The number of hydrogen-bond donors (Lipinski definition) is 0. The molecule has 5 rings (SSSR count). The molecule has 0 fully saturated rings. The Morgan fingerprint density at radius 2 is 1.93 bits per heavy atom.